The second-order valence-electron chi connectivity index (χ2n) is 3.59. The summed E-state index contributed by atoms with van der Waals surface area (Å²) in [6, 6.07) is 1.68. The standard InChI is InChI=1S/C10H11F2N5/c1-5-2-3-6(11)8(9(5)12)10(15-13)7-4-14-17-16-7/h2-4,10,15H,13H2,1H3,(H,14,16,17). The fraction of sp³-hybridized carbons (Fsp3) is 0.200. The van der Waals surface area contributed by atoms with Crippen LogP contribution >= 0.6 is 0 Å². The number of nitrogens with two attached hydrogens (primary N) is 1. The van der Waals surface area contributed by atoms with Gasteiger partial charge in [-0.3, -0.25) is 5.84 Å². The van der Waals surface area contributed by atoms with Gasteiger partial charge in [-0.15, -0.1) is 0 Å². The fourth-order valence-electron chi connectivity index (χ4n) is 1.61. The van der Waals surface area contributed by atoms with Crippen LogP contribution in [-0.2, 0) is 0 Å². The molecule has 0 spiro atoms. The number of benzene rings is 1. The third-order valence-corrected chi connectivity index (χ3v) is 2.50. The van der Waals surface area contributed by atoms with Crippen molar-refractivity contribution in [3.05, 3.63) is 46.8 Å². The Balaban J connectivity index is 2.55. The van der Waals surface area contributed by atoms with Gasteiger partial charge in [0.05, 0.1) is 12.2 Å². The number of aromatic nitrogens is 3. The maximum Gasteiger partial charge on any atom is 0.134 e. The topological polar surface area (TPSA) is 79.6 Å². The molecule has 0 aliphatic rings. The van der Waals surface area contributed by atoms with Gasteiger partial charge < -0.3 is 0 Å². The summed E-state index contributed by atoms with van der Waals surface area (Å²) in [4.78, 5) is 0. The average molecular weight is 239 g/mol. The van der Waals surface area contributed by atoms with E-state index in [1.165, 1.54) is 18.3 Å². The van der Waals surface area contributed by atoms with Gasteiger partial charge in [0.25, 0.3) is 0 Å². The molecule has 0 aliphatic carbocycles. The Bertz CT molecular complexity index is 512. The molecular weight excluding hydrogens is 228 g/mol. The van der Waals surface area contributed by atoms with Gasteiger partial charge in [-0.2, -0.15) is 15.4 Å². The molecule has 17 heavy (non-hydrogen) atoms. The monoisotopic (exact) mass is 239 g/mol. The van der Waals surface area contributed by atoms with Crippen LogP contribution in [-0.4, -0.2) is 15.4 Å². The highest BCUT2D eigenvalue weighted by Gasteiger charge is 2.24. The molecule has 1 atom stereocenters. The highest BCUT2D eigenvalue weighted by atomic mass is 19.1. The smallest absolute Gasteiger partial charge is 0.134 e. The van der Waals surface area contributed by atoms with Gasteiger partial charge in [0.15, 0.2) is 0 Å². The number of aryl methyl sites for hydroxylation is 1. The molecule has 5 nitrogen and oxygen atoms in total. The third kappa shape index (κ3) is 2.02. The first-order chi connectivity index (χ1) is 8.15. The van der Waals surface area contributed by atoms with Crippen LogP contribution in [0.1, 0.15) is 22.9 Å². The number of hydrogen-bond acceptors (Lipinski definition) is 4. The predicted molar refractivity (Wildman–Crippen MR) is 56.6 cm³/mol. The number of hydrogen-bond donors (Lipinski definition) is 3. The number of nitrogens with zero attached hydrogens (tertiary/aromatic N) is 2. The summed E-state index contributed by atoms with van der Waals surface area (Å²) < 4.78 is 27.6. The quantitative estimate of drug-likeness (QED) is 0.550. The Morgan fingerprint density at radius 3 is 2.76 bits per heavy atom. The highest BCUT2D eigenvalue weighted by molar-refractivity contribution is 5.33. The van der Waals surface area contributed by atoms with E-state index in [4.69, 9.17) is 5.84 Å². The van der Waals surface area contributed by atoms with E-state index in [1.54, 1.807) is 6.92 Å². The molecule has 0 bridgehead atoms. The highest BCUT2D eigenvalue weighted by Crippen LogP contribution is 2.26. The average Bonchev–Trinajstić information content (AvgIpc) is 2.83. The molecule has 0 saturated heterocycles. The molecule has 90 valence electrons. The number of rotatable bonds is 3. The maximum absolute atomic E-state index is 13.9. The lowest BCUT2D eigenvalue weighted by molar-refractivity contribution is 0.501. The Morgan fingerprint density at radius 1 is 1.41 bits per heavy atom. The van der Waals surface area contributed by atoms with Crippen molar-refractivity contribution < 1.29 is 8.78 Å². The molecule has 1 aromatic heterocycles. The van der Waals surface area contributed by atoms with Crippen LogP contribution in [0.2, 0.25) is 0 Å². The third-order valence-electron chi connectivity index (χ3n) is 2.50. The Labute approximate surface area is 96.0 Å². The molecule has 0 radical (unpaired) electrons. The van der Waals surface area contributed by atoms with E-state index in [-0.39, 0.29) is 5.56 Å². The molecule has 1 unspecified atom stereocenters. The predicted octanol–water partition coefficient (Wildman–Crippen LogP) is 0.944. The Kier molecular flexibility index (Phi) is 3.12. The second kappa shape index (κ2) is 4.56. The first kappa shape index (κ1) is 11.6. The largest absolute Gasteiger partial charge is 0.271 e. The van der Waals surface area contributed by atoms with E-state index in [1.807, 2.05) is 0 Å². The van der Waals surface area contributed by atoms with Crippen molar-refractivity contribution in [2.24, 2.45) is 5.84 Å². The van der Waals surface area contributed by atoms with Gasteiger partial charge in [-0.25, -0.2) is 14.2 Å². The number of H-pyrrole nitrogens is 1. The van der Waals surface area contributed by atoms with Crippen molar-refractivity contribution in [1.82, 2.24) is 20.8 Å². The van der Waals surface area contributed by atoms with E-state index in [9.17, 15) is 8.78 Å². The van der Waals surface area contributed by atoms with E-state index >= 15 is 0 Å². The van der Waals surface area contributed by atoms with E-state index in [0.29, 0.717) is 11.3 Å². The van der Waals surface area contributed by atoms with Gasteiger partial charge in [-0.1, -0.05) is 6.07 Å². The summed E-state index contributed by atoms with van der Waals surface area (Å²) in [5.41, 5.74) is 2.82. The normalized spacial score (nSPS) is 12.7. The minimum Gasteiger partial charge on any atom is -0.271 e. The number of halogens is 2. The van der Waals surface area contributed by atoms with Crippen molar-refractivity contribution in [2.75, 3.05) is 0 Å². The molecular formula is C10H11F2N5. The lowest BCUT2D eigenvalue weighted by Crippen LogP contribution is -2.30. The van der Waals surface area contributed by atoms with Gasteiger partial charge in [-0.05, 0) is 18.6 Å². The van der Waals surface area contributed by atoms with Gasteiger partial charge in [0.2, 0.25) is 0 Å². The zero-order valence-electron chi connectivity index (χ0n) is 9.04. The van der Waals surface area contributed by atoms with Gasteiger partial charge in [0.1, 0.15) is 17.3 Å². The number of nitrogens with one attached hydrogen (secondary N) is 2. The summed E-state index contributed by atoms with van der Waals surface area (Å²) in [5, 5.41) is 9.71. The van der Waals surface area contributed by atoms with Crippen LogP contribution in [0.3, 0.4) is 0 Å². The van der Waals surface area contributed by atoms with E-state index in [2.05, 4.69) is 20.8 Å². The minimum absolute atomic E-state index is 0.165. The molecule has 2 aromatic rings. The SMILES string of the molecule is Cc1ccc(F)c(C(NN)c2cn[nH]n2)c1F. The number of aromatic amines is 1. The molecule has 1 heterocycles. The summed E-state index contributed by atoms with van der Waals surface area (Å²) in [6.45, 7) is 1.55. The Morgan fingerprint density at radius 2 is 2.18 bits per heavy atom. The molecule has 4 N–H and O–H groups in total. The molecule has 0 aliphatic heterocycles. The van der Waals surface area contributed by atoms with Crippen LogP contribution < -0.4 is 11.3 Å². The lowest BCUT2D eigenvalue weighted by atomic mass is 10.0. The van der Waals surface area contributed by atoms with Gasteiger partial charge >= 0.3 is 0 Å². The van der Waals surface area contributed by atoms with Crippen molar-refractivity contribution in [3.8, 4) is 0 Å². The second-order valence-corrected chi connectivity index (χ2v) is 3.59. The van der Waals surface area contributed by atoms with Crippen molar-refractivity contribution in [3.63, 3.8) is 0 Å². The first-order valence-corrected chi connectivity index (χ1v) is 4.91. The summed E-state index contributed by atoms with van der Waals surface area (Å²) in [6.07, 6.45) is 1.35. The van der Waals surface area contributed by atoms with Crippen LogP contribution in [0.15, 0.2) is 18.3 Å². The molecule has 0 fully saturated rings. The van der Waals surface area contributed by atoms with Crippen LogP contribution in [0, 0.1) is 18.6 Å². The molecule has 2 rings (SSSR count). The molecule has 7 heteroatoms. The molecule has 0 saturated carbocycles. The molecule has 1 aromatic carbocycles. The van der Waals surface area contributed by atoms with Crippen LogP contribution in [0.25, 0.3) is 0 Å². The van der Waals surface area contributed by atoms with Crippen molar-refractivity contribution in [1.29, 1.82) is 0 Å². The van der Waals surface area contributed by atoms with Crippen LogP contribution in [0.5, 0.6) is 0 Å². The Hall–Kier alpha value is -1.86. The summed E-state index contributed by atoms with van der Waals surface area (Å²) in [7, 11) is 0. The van der Waals surface area contributed by atoms with Crippen LogP contribution in [0.4, 0.5) is 8.78 Å². The minimum atomic E-state index is -0.881. The summed E-state index contributed by atoms with van der Waals surface area (Å²) >= 11 is 0. The van der Waals surface area contributed by atoms with Crippen molar-refractivity contribution >= 4 is 0 Å². The fourth-order valence-corrected chi connectivity index (χ4v) is 1.61. The summed E-state index contributed by atoms with van der Waals surface area (Å²) in [5.74, 6) is 3.99. The lowest BCUT2D eigenvalue weighted by Gasteiger charge is -2.16. The molecule has 0 amide bonds. The number of hydrazine groups is 1. The zero-order valence-corrected chi connectivity index (χ0v) is 9.04. The first-order valence-electron chi connectivity index (χ1n) is 4.91. The maximum atomic E-state index is 13.9. The van der Waals surface area contributed by atoms with Crippen molar-refractivity contribution in [2.45, 2.75) is 13.0 Å². The van der Waals surface area contributed by atoms with E-state index < -0.39 is 17.7 Å². The zero-order chi connectivity index (χ0) is 12.4. The van der Waals surface area contributed by atoms with E-state index in [0.717, 1.165) is 0 Å². The van der Waals surface area contributed by atoms with Gasteiger partial charge in [0, 0.05) is 5.56 Å².